The van der Waals surface area contributed by atoms with Crippen LogP contribution in [-0.2, 0) is 4.74 Å². The monoisotopic (exact) mass is 170 g/mol. The highest BCUT2D eigenvalue weighted by Gasteiger charge is 1.97. The molecule has 5 nitrogen and oxygen atoms in total. The molecule has 0 aromatic carbocycles. The molecule has 0 atom stereocenters. The molecule has 0 aliphatic heterocycles. The highest BCUT2D eigenvalue weighted by atomic mass is 16.5. The van der Waals surface area contributed by atoms with Gasteiger partial charge in [-0.25, -0.2) is 4.73 Å². The summed E-state index contributed by atoms with van der Waals surface area (Å²) in [5.74, 6) is 0.449. The van der Waals surface area contributed by atoms with Gasteiger partial charge in [0.05, 0.1) is 6.61 Å². The zero-order chi connectivity index (χ0) is 8.81. The van der Waals surface area contributed by atoms with Crippen LogP contribution in [-0.4, -0.2) is 25.3 Å². The molecule has 0 aliphatic carbocycles. The molecule has 0 radical (unpaired) electrons. The topological polar surface area (TPSA) is 58.3 Å². The van der Waals surface area contributed by atoms with Crippen molar-refractivity contribution in [2.45, 2.75) is 0 Å². The fraction of sp³-hybridized carbons (Fsp3) is 0.429. The van der Waals surface area contributed by atoms with E-state index in [1.165, 1.54) is 12.4 Å². The number of hydrogen-bond donors (Lipinski definition) is 0. The average Bonchev–Trinajstić information content (AvgIpc) is 2.05. The summed E-state index contributed by atoms with van der Waals surface area (Å²) in [7, 11) is 1.58. The largest absolute Gasteiger partial charge is 0.711 e. The summed E-state index contributed by atoms with van der Waals surface area (Å²) in [5.41, 5.74) is 0. The van der Waals surface area contributed by atoms with Crippen LogP contribution in [0.5, 0.6) is 5.75 Å². The first kappa shape index (κ1) is 8.73. The summed E-state index contributed by atoms with van der Waals surface area (Å²) in [6.07, 6.45) is 3.94. The fourth-order valence-electron chi connectivity index (χ4n) is 0.682. The molecule has 0 fully saturated rings. The molecule has 0 N–H and O–H groups in total. The first-order chi connectivity index (χ1) is 5.83. The maximum atomic E-state index is 10.7. The van der Waals surface area contributed by atoms with Crippen molar-refractivity contribution in [2.75, 3.05) is 20.3 Å². The van der Waals surface area contributed by atoms with E-state index in [1.54, 1.807) is 7.11 Å². The Balaban J connectivity index is 2.41. The lowest BCUT2D eigenvalue weighted by atomic mass is 10.6. The maximum absolute atomic E-state index is 10.7. The van der Waals surface area contributed by atoms with Gasteiger partial charge in [-0.2, -0.15) is 0 Å². The van der Waals surface area contributed by atoms with E-state index < -0.39 is 0 Å². The third kappa shape index (κ3) is 2.71. The van der Waals surface area contributed by atoms with Gasteiger partial charge in [0.25, 0.3) is 6.33 Å². The van der Waals surface area contributed by atoms with Crippen LogP contribution >= 0.6 is 0 Å². The van der Waals surface area contributed by atoms with Crippen LogP contribution in [0.1, 0.15) is 0 Å². The third-order valence-corrected chi connectivity index (χ3v) is 1.19. The van der Waals surface area contributed by atoms with E-state index in [9.17, 15) is 5.21 Å². The molecule has 0 saturated carbocycles. The zero-order valence-corrected chi connectivity index (χ0v) is 6.77. The van der Waals surface area contributed by atoms with Crippen molar-refractivity contribution in [2.24, 2.45) is 0 Å². The smallest absolute Gasteiger partial charge is 0.289 e. The molecule has 0 spiro atoms. The van der Waals surface area contributed by atoms with Gasteiger partial charge in [0.2, 0.25) is 5.75 Å². The van der Waals surface area contributed by atoms with Crippen molar-refractivity contribution in [3.8, 4) is 5.75 Å². The minimum atomic E-state index is 0.419. The lowest BCUT2D eigenvalue weighted by Gasteiger charge is -2.04. The predicted octanol–water partition coefficient (Wildman–Crippen LogP) is -0.260. The van der Waals surface area contributed by atoms with E-state index in [-0.39, 0.29) is 0 Å². The second-order valence-corrected chi connectivity index (χ2v) is 2.13. The standard InChI is InChI=1S/C7H10N2O3/c1-11-2-3-12-7-4-8-6-9(10)5-7/h4-6H,2-3H2,1H3. The van der Waals surface area contributed by atoms with E-state index in [1.807, 2.05) is 0 Å². The Hall–Kier alpha value is -1.36. The van der Waals surface area contributed by atoms with Gasteiger partial charge in [0.15, 0.2) is 6.20 Å². The zero-order valence-electron chi connectivity index (χ0n) is 6.77. The Bertz CT molecular complexity index is 242. The van der Waals surface area contributed by atoms with Crippen LogP contribution < -0.4 is 9.47 Å². The van der Waals surface area contributed by atoms with Gasteiger partial charge >= 0.3 is 0 Å². The molecule has 0 aliphatic rings. The van der Waals surface area contributed by atoms with Crippen molar-refractivity contribution in [1.29, 1.82) is 0 Å². The first-order valence-electron chi connectivity index (χ1n) is 3.48. The van der Waals surface area contributed by atoms with E-state index in [4.69, 9.17) is 9.47 Å². The van der Waals surface area contributed by atoms with Gasteiger partial charge in [-0.15, -0.1) is 0 Å². The fourth-order valence-corrected chi connectivity index (χ4v) is 0.682. The molecule has 1 aromatic rings. The minimum absolute atomic E-state index is 0.419. The van der Waals surface area contributed by atoms with Crippen LogP contribution in [0.3, 0.4) is 0 Å². The van der Waals surface area contributed by atoms with Gasteiger partial charge in [-0.3, -0.25) is 0 Å². The lowest BCUT2D eigenvalue weighted by Crippen LogP contribution is -2.25. The Morgan fingerprint density at radius 3 is 3.08 bits per heavy atom. The SMILES string of the molecule is COCCOc1cnc[n+]([O-])c1. The maximum Gasteiger partial charge on any atom is 0.289 e. The van der Waals surface area contributed by atoms with Gasteiger partial charge in [0.1, 0.15) is 12.8 Å². The van der Waals surface area contributed by atoms with Gasteiger partial charge in [0, 0.05) is 7.11 Å². The number of rotatable bonds is 4. The van der Waals surface area contributed by atoms with Crippen LogP contribution in [0.2, 0.25) is 0 Å². The number of hydrogen-bond acceptors (Lipinski definition) is 4. The normalized spacial score (nSPS) is 9.75. The summed E-state index contributed by atoms with van der Waals surface area (Å²) in [4.78, 5) is 3.65. The molecular formula is C7H10N2O3. The highest BCUT2D eigenvalue weighted by molar-refractivity contribution is 5.07. The number of ether oxygens (including phenoxy) is 2. The van der Waals surface area contributed by atoms with E-state index in [2.05, 4.69) is 4.98 Å². The number of aromatic nitrogens is 2. The molecule has 1 heterocycles. The van der Waals surface area contributed by atoms with Gasteiger partial charge < -0.3 is 14.7 Å². The van der Waals surface area contributed by atoms with Crippen LogP contribution in [0.25, 0.3) is 0 Å². The molecule has 0 bridgehead atoms. The summed E-state index contributed by atoms with van der Waals surface area (Å²) >= 11 is 0. The molecule has 12 heavy (non-hydrogen) atoms. The molecule has 0 saturated heterocycles. The molecule has 0 amide bonds. The summed E-state index contributed by atoms with van der Waals surface area (Å²) in [6, 6.07) is 0. The van der Waals surface area contributed by atoms with Crippen LogP contribution in [0.15, 0.2) is 18.7 Å². The summed E-state index contributed by atoms with van der Waals surface area (Å²) in [5, 5.41) is 10.7. The first-order valence-corrected chi connectivity index (χ1v) is 3.48. The molecule has 5 heteroatoms. The van der Waals surface area contributed by atoms with Gasteiger partial charge in [-0.05, 0) is 0 Å². The highest BCUT2D eigenvalue weighted by Crippen LogP contribution is 2.01. The van der Waals surface area contributed by atoms with E-state index >= 15 is 0 Å². The second kappa shape index (κ2) is 4.50. The Kier molecular flexibility index (Phi) is 3.28. The van der Waals surface area contributed by atoms with E-state index in [0.717, 1.165) is 6.33 Å². The predicted molar refractivity (Wildman–Crippen MR) is 40.6 cm³/mol. The van der Waals surface area contributed by atoms with Crippen LogP contribution in [0.4, 0.5) is 0 Å². The summed E-state index contributed by atoms with van der Waals surface area (Å²) < 4.78 is 10.5. The van der Waals surface area contributed by atoms with Crippen molar-refractivity contribution < 1.29 is 14.2 Å². The second-order valence-electron chi connectivity index (χ2n) is 2.13. The average molecular weight is 170 g/mol. The van der Waals surface area contributed by atoms with E-state index in [0.29, 0.717) is 23.7 Å². The third-order valence-electron chi connectivity index (χ3n) is 1.19. The Morgan fingerprint density at radius 1 is 1.58 bits per heavy atom. The molecule has 1 rings (SSSR count). The van der Waals surface area contributed by atoms with Gasteiger partial charge in [-0.1, -0.05) is 4.98 Å². The molecule has 1 aromatic heterocycles. The summed E-state index contributed by atoms with van der Waals surface area (Å²) in [6.45, 7) is 0.913. The van der Waals surface area contributed by atoms with Crippen molar-refractivity contribution in [3.63, 3.8) is 0 Å². The Morgan fingerprint density at radius 2 is 2.42 bits per heavy atom. The molecule has 0 unspecified atom stereocenters. The lowest BCUT2D eigenvalue weighted by molar-refractivity contribution is -0.609. The Labute approximate surface area is 70.2 Å². The van der Waals surface area contributed by atoms with Crippen molar-refractivity contribution >= 4 is 0 Å². The number of nitrogens with zero attached hydrogens (tertiary/aromatic N) is 2. The van der Waals surface area contributed by atoms with Crippen LogP contribution in [0, 0.1) is 5.21 Å². The number of methoxy groups -OCH3 is 1. The quantitative estimate of drug-likeness (QED) is 0.355. The molecule has 66 valence electrons. The van der Waals surface area contributed by atoms with Crippen molar-refractivity contribution in [1.82, 2.24) is 4.98 Å². The van der Waals surface area contributed by atoms with Crippen molar-refractivity contribution in [3.05, 3.63) is 23.9 Å². The minimum Gasteiger partial charge on any atom is -0.711 e. The molecular weight excluding hydrogens is 160 g/mol.